The van der Waals surface area contributed by atoms with Gasteiger partial charge in [-0.15, -0.1) is 0 Å². The number of hydrogen-bond donors (Lipinski definition) is 2. The molecule has 0 aliphatic heterocycles. The largest absolute Gasteiger partial charge is 0.478 e. The first kappa shape index (κ1) is 10.6. The first-order valence-corrected chi connectivity index (χ1v) is 3.25. The molecule has 0 aromatic rings. The monoisotopic (exact) mass is 174 g/mol. The van der Waals surface area contributed by atoms with Crippen molar-refractivity contribution in [3.05, 3.63) is 24.4 Å². The van der Waals surface area contributed by atoms with Crippen molar-refractivity contribution in [1.29, 1.82) is 0 Å². The smallest absolute Gasteiger partial charge is 0.335 e. The fourth-order valence-electron chi connectivity index (χ4n) is 0.429. The van der Waals surface area contributed by atoms with Crippen LogP contribution in [0.25, 0.3) is 0 Å². The molecule has 3 N–H and O–H groups in total. The number of halogens is 1. The van der Waals surface area contributed by atoms with Crippen LogP contribution in [0.5, 0.6) is 0 Å². The van der Waals surface area contributed by atoms with Crippen LogP contribution in [0.15, 0.2) is 24.4 Å². The number of rotatable bonds is 5. The molecule has 0 aliphatic carbocycles. The summed E-state index contributed by atoms with van der Waals surface area (Å²) in [5, 5.41) is 9.39. The summed E-state index contributed by atoms with van der Waals surface area (Å²) in [7, 11) is 0. The van der Waals surface area contributed by atoms with Crippen molar-refractivity contribution in [2.24, 2.45) is 5.84 Å². The van der Waals surface area contributed by atoms with Gasteiger partial charge in [0.25, 0.3) is 0 Å². The third-order valence-corrected chi connectivity index (χ3v) is 1.08. The minimum Gasteiger partial charge on any atom is -0.478 e. The number of nitrogens with zero attached hydrogens (tertiary/aromatic N) is 1. The van der Waals surface area contributed by atoms with Crippen molar-refractivity contribution in [2.75, 3.05) is 13.2 Å². The van der Waals surface area contributed by atoms with E-state index in [9.17, 15) is 9.18 Å². The molecule has 0 aliphatic rings. The zero-order chi connectivity index (χ0) is 9.56. The molecule has 12 heavy (non-hydrogen) atoms. The fraction of sp³-hybridized carbons (Fsp3) is 0.286. The van der Waals surface area contributed by atoms with E-state index in [-0.39, 0.29) is 12.1 Å². The first-order chi connectivity index (χ1) is 5.57. The van der Waals surface area contributed by atoms with Crippen molar-refractivity contribution in [2.45, 2.75) is 0 Å². The molecule has 0 aromatic carbocycles. The average Bonchev–Trinajstić information content (AvgIpc) is 2.00. The van der Waals surface area contributed by atoms with Gasteiger partial charge in [-0.2, -0.15) is 0 Å². The van der Waals surface area contributed by atoms with Crippen LogP contribution >= 0.6 is 0 Å². The van der Waals surface area contributed by atoms with E-state index in [1.54, 1.807) is 0 Å². The van der Waals surface area contributed by atoms with Crippen molar-refractivity contribution in [1.82, 2.24) is 5.01 Å². The fourth-order valence-corrected chi connectivity index (χ4v) is 0.429. The third kappa shape index (κ3) is 4.45. The van der Waals surface area contributed by atoms with Crippen LogP contribution < -0.4 is 5.84 Å². The van der Waals surface area contributed by atoms with Crippen LogP contribution in [0.2, 0.25) is 0 Å². The Kier molecular flexibility index (Phi) is 4.71. The highest BCUT2D eigenvalue weighted by Crippen LogP contribution is 1.93. The van der Waals surface area contributed by atoms with E-state index in [1.807, 2.05) is 0 Å². The molecule has 0 heterocycles. The molecule has 0 atom stereocenters. The van der Waals surface area contributed by atoms with E-state index in [4.69, 9.17) is 10.9 Å². The average molecular weight is 174 g/mol. The van der Waals surface area contributed by atoms with Gasteiger partial charge in [0.15, 0.2) is 0 Å². The van der Waals surface area contributed by atoms with Crippen LogP contribution in [0.1, 0.15) is 0 Å². The first-order valence-electron chi connectivity index (χ1n) is 3.25. The lowest BCUT2D eigenvalue weighted by atomic mass is 10.3. The Labute approximate surface area is 69.7 Å². The summed E-state index contributed by atoms with van der Waals surface area (Å²) in [6, 6.07) is 0. The Bertz CT molecular complexity index is 204. The quantitative estimate of drug-likeness (QED) is 0.272. The van der Waals surface area contributed by atoms with Crippen LogP contribution in [0.3, 0.4) is 0 Å². The molecule has 0 aromatic heterocycles. The van der Waals surface area contributed by atoms with Gasteiger partial charge in [-0.05, 0) is 6.08 Å². The maximum Gasteiger partial charge on any atom is 0.335 e. The molecule has 0 bridgehead atoms. The summed E-state index contributed by atoms with van der Waals surface area (Å²) in [4.78, 5) is 10.2. The normalized spacial score (nSPS) is 10.2. The van der Waals surface area contributed by atoms with E-state index in [2.05, 4.69) is 6.58 Å². The van der Waals surface area contributed by atoms with Gasteiger partial charge in [0.2, 0.25) is 0 Å². The number of carboxylic acids is 1. The second kappa shape index (κ2) is 5.31. The van der Waals surface area contributed by atoms with E-state index < -0.39 is 12.6 Å². The Balaban J connectivity index is 3.89. The Morgan fingerprint density at radius 3 is 2.75 bits per heavy atom. The summed E-state index contributed by atoms with van der Waals surface area (Å²) in [5.74, 6) is 4.08. The molecule has 0 radical (unpaired) electrons. The van der Waals surface area contributed by atoms with Crippen molar-refractivity contribution >= 4 is 5.97 Å². The predicted molar refractivity (Wildman–Crippen MR) is 42.8 cm³/mol. The number of carbonyl (C=O) groups is 1. The van der Waals surface area contributed by atoms with Gasteiger partial charge in [0.1, 0.15) is 6.67 Å². The topological polar surface area (TPSA) is 66.6 Å². The highest BCUT2D eigenvalue weighted by atomic mass is 19.1. The lowest BCUT2D eigenvalue weighted by molar-refractivity contribution is -0.132. The molecule has 0 fully saturated rings. The summed E-state index contributed by atoms with van der Waals surface area (Å²) >= 11 is 0. The number of alkyl halides is 1. The van der Waals surface area contributed by atoms with Crippen LogP contribution in [0.4, 0.5) is 4.39 Å². The van der Waals surface area contributed by atoms with Gasteiger partial charge in [0, 0.05) is 6.20 Å². The van der Waals surface area contributed by atoms with Crippen molar-refractivity contribution in [3.63, 3.8) is 0 Å². The molecule has 5 heteroatoms. The molecule has 0 rings (SSSR count). The molecular formula is C7H11FN2O2. The standard InChI is InChI=1S/C7H11FN2O2/c1-6(7(11)12)2-4-10(9)5-3-8/h2,4H,1,3,5,9H2,(H,11,12)/b4-2-. The van der Waals surface area contributed by atoms with Gasteiger partial charge in [-0.1, -0.05) is 6.58 Å². The molecule has 68 valence electrons. The van der Waals surface area contributed by atoms with Gasteiger partial charge in [0.05, 0.1) is 12.1 Å². The third-order valence-electron chi connectivity index (χ3n) is 1.08. The predicted octanol–water partition coefficient (Wildman–Crippen LogP) is 0.286. The van der Waals surface area contributed by atoms with E-state index in [0.29, 0.717) is 0 Å². The second-order valence-electron chi connectivity index (χ2n) is 2.07. The maximum absolute atomic E-state index is 11.6. The van der Waals surface area contributed by atoms with Crippen molar-refractivity contribution < 1.29 is 14.3 Å². The highest BCUT2D eigenvalue weighted by molar-refractivity contribution is 5.88. The van der Waals surface area contributed by atoms with E-state index in [1.165, 1.54) is 12.3 Å². The number of hydrazine groups is 1. The number of aliphatic carboxylic acids is 1. The minimum atomic E-state index is -1.13. The number of hydrogen-bond acceptors (Lipinski definition) is 3. The van der Waals surface area contributed by atoms with Gasteiger partial charge in [-0.3, -0.25) is 0 Å². The number of nitrogens with two attached hydrogens (primary N) is 1. The molecule has 0 saturated heterocycles. The van der Waals surface area contributed by atoms with Gasteiger partial charge in [-0.25, -0.2) is 15.0 Å². The summed E-state index contributed by atoms with van der Waals surface area (Å²) < 4.78 is 11.6. The molecule has 0 saturated carbocycles. The molecule has 4 nitrogen and oxygen atoms in total. The van der Waals surface area contributed by atoms with E-state index in [0.717, 1.165) is 5.01 Å². The molecular weight excluding hydrogens is 163 g/mol. The van der Waals surface area contributed by atoms with Crippen LogP contribution in [0, 0.1) is 0 Å². The summed E-state index contributed by atoms with van der Waals surface area (Å²) in [6.07, 6.45) is 2.47. The Morgan fingerprint density at radius 2 is 2.33 bits per heavy atom. The van der Waals surface area contributed by atoms with Crippen LogP contribution in [-0.4, -0.2) is 29.3 Å². The lowest BCUT2D eigenvalue weighted by Gasteiger charge is -2.09. The van der Waals surface area contributed by atoms with E-state index >= 15 is 0 Å². The summed E-state index contributed by atoms with van der Waals surface area (Å²) in [6.45, 7) is 2.67. The molecule has 0 spiro atoms. The minimum absolute atomic E-state index is 0.0311. The molecule has 0 amide bonds. The van der Waals surface area contributed by atoms with Crippen molar-refractivity contribution in [3.8, 4) is 0 Å². The molecule has 0 unspecified atom stereocenters. The maximum atomic E-state index is 11.6. The number of carboxylic acid groups (broad SMARTS) is 1. The van der Waals surface area contributed by atoms with Gasteiger partial charge < -0.3 is 10.1 Å². The SMILES string of the molecule is C=C(/C=C\N(N)CCF)C(=O)O. The highest BCUT2D eigenvalue weighted by Gasteiger charge is 1.98. The Hall–Kier alpha value is -1.36. The zero-order valence-corrected chi connectivity index (χ0v) is 6.53. The van der Waals surface area contributed by atoms with Gasteiger partial charge >= 0.3 is 5.97 Å². The lowest BCUT2D eigenvalue weighted by Crippen LogP contribution is -2.27. The van der Waals surface area contributed by atoms with Crippen LogP contribution in [-0.2, 0) is 4.79 Å². The second-order valence-corrected chi connectivity index (χ2v) is 2.07. The summed E-state index contributed by atoms with van der Waals surface area (Å²) in [5.41, 5.74) is -0.0932. The zero-order valence-electron chi connectivity index (χ0n) is 6.53. The Morgan fingerprint density at radius 1 is 1.75 bits per heavy atom.